The fourth-order valence-electron chi connectivity index (χ4n) is 5.45. The van der Waals surface area contributed by atoms with E-state index in [1.807, 2.05) is 60.7 Å². The molecule has 3 heterocycles. The number of amides is 1. The van der Waals surface area contributed by atoms with E-state index in [0.29, 0.717) is 28.1 Å². The predicted molar refractivity (Wildman–Crippen MR) is 163 cm³/mol. The number of nitrogens with one attached hydrogen (secondary N) is 2. The standard InChI is InChI=1S/C31H32ClN5O2S/c1-19-12-13-22(32)18-26(19)37-20(2)17-23(21(37)3)30-29(25-10-7-8-15-33-25)35-31(40)36(30)16-14-28(38)34-24-9-5-6-11-27(24)39-4/h5-13,15,17-18,29-30H,14,16H2,1-4H3,(H,34,38)(H,35,40)/t29-,30+/m1/s1. The third-order valence-corrected chi connectivity index (χ3v) is 7.95. The minimum atomic E-state index is -0.180. The average Bonchev–Trinajstić information content (AvgIpc) is 3.43. The van der Waals surface area contributed by atoms with Crippen LogP contribution in [0.5, 0.6) is 5.75 Å². The van der Waals surface area contributed by atoms with Crippen LogP contribution in [0.2, 0.25) is 5.02 Å². The molecule has 2 atom stereocenters. The Hall–Kier alpha value is -3.88. The van der Waals surface area contributed by atoms with Crippen LogP contribution in [0.15, 0.2) is 72.9 Å². The zero-order chi connectivity index (χ0) is 28.4. The molecule has 7 nitrogen and oxygen atoms in total. The molecule has 2 aromatic carbocycles. The van der Waals surface area contributed by atoms with E-state index >= 15 is 0 Å². The van der Waals surface area contributed by atoms with Crippen molar-refractivity contribution in [3.8, 4) is 11.4 Å². The first kappa shape index (κ1) is 27.7. The lowest BCUT2D eigenvalue weighted by Crippen LogP contribution is -2.33. The first-order valence-corrected chi connectivity index (χ1v) is 13.9. The number of benzene rings is 2. The van der Waals surface area contributed by atoms with Gasteiger partial charge in [0.2, 0.25) is 5.91 Å². The number of anilines is 1. The molecule has 0 unspecified atom stereocenters. The number of carbonyl (C=O) groups excluding carboxylic acids is 1. The Kier molecular flexibility index (Phi) is 8.09. The molecule has 0 spiro atoms. The lowest BCUT2D eigenvalue weighted by Gasteiger charge is -2.28. The van der Waals surface area contributed by atoms with E-state index in [1.165, 1.54) is 0 Å². The molecular formula is C31H32ClN5O2S. The number of hydrogen-bond donors (Lipinski definition) is 2. The molecular weight excluding hydrogens is 542 g/mol. The van der Waals surface area contributed by atoms with Crippen LogP contribution >= 0.6 is 23.8 Å². The summed E-state index contributed by atoms with van der Waals surface area (Å²) in [5.74, 6) is 0.499. The Morgan fingerprint density at radius 3 is 2.62 bits per heavy atom. The summed E-state index contributed by atoms with van der Waals surface area (Å²) in [5.41, 5.74) is 6.99. The zero-order valence-corrected chi connectivity index (χ0v) is 24.5. The van der Waals surface area contributed by atoms with Crippen molar-refractivity contribution in [3.63, 3.8) is 0 Å². The summed E-state index contributed by atoms with van der Waals surface area (Å²) in [4.78, 5) is 19.8. The Labute approximate surface area is 245 Å². The number of aromatic nitrogens is 2. The molecule has 5 rings (SSSR count). The molecule has 0 aliphatic carbocycles. The van der Waals surface area contributed by atoms with Gasteiger partial charge in [-0.05, 0) is 86.6 Å². The Morgan fingerprint density at radius 2 is 1.88 bits per heavy atom. The number of para-hydroxylation sites is 2. The highest BCUT2D eigenvalue weighted by Crippen LogP contribution is 2.42. The number of methoxy groups -OCH3 is 1. The van der Waals surface area contributed by atoms with E-state index in [0.717, 1.165) is 33.9 Å². The van der Waals surface area contributed by atoms with Crippen molar-refractivity contribution >= 4 is 40.5 Å². The number of hydrogen-bond acceptors (Lipinski definition) is 4. The fourth-order valence-corrected chi connectivity index (χ4v) is 5.95. The number of rotatable bonds is 8. The molecule has 2 aromatic heterocycles. The van der Waals surface area contributed by atoms with Gasteiger partial charge in [-0.2, -0.15) is 0 Å². The van der Waals surface area contributed by atoms with Crippen molar-refractivity contribution in [2.75, 3.05) is 19.0 Å². The van der Waals surface area contributed by atoms with Crippen LogP contribution in [0, 0.1) is 20.8 Å². The van der Waals surface area contributed by atoms with Gasteiger partial charge in [0.25, 0.3) is 0 Å². The van der Waals surface area contributed by atoms with Crippen molar-refractivity contribution in [2.24, 2.45) is 0 Å². The van der Waals surface area contributed by atoms with Gasteiger partial charge in [0, 0.05) is 41.3 Å². The van der Waals surface area contributed by atoms with Gasteiger partial charge in [0.15, 0.2) is 5.11 Å². The fraction of sp³-hybridized carbons (Fsp3) is 0.258. The molecule has 1 aliphatic heterocycles. The van der Waals surface area contributed by atoms with Gasteiger partial charge >= 0.3 is 0 Å². The highest BCUT2D eigenvalue weighted by molar-refractivity contribution is 7.80. The first-order chi connectivity index (χ1) is 19.3. The van der Waals surface area contributed by atoms with Crippen LogP contribution in [-0.2, 0) is 4.79 Å². The Balaban J connectivity index is 1.49. The maximum atomic E-state index is 13.0. The molecule has 1 saturated heterocycles. The number of carbonyl (C=O) groups is 1. The SMILES string of the molecule is COc1ccccc1NC(=O)CCN1C(=S)N[C@H](c2ccccn2)[C@@H]1c1cc(C)n(-c2cc(Cl)ccc2C)c1C. The highest BCUT2D eigenvalue weighted by atomic mass is 35.5. The average molecular weight is 574 g/mol. The number of halogens is 1. The molecule has 1 amide bonds. The lowest BCUT2D eigenvalue weighted by molar-refractivity contribution is -0.116. The zero-order valence-electron chi connectivity index (χ0n) is 22.9. The molecule has 40 heavy (non-hydrogen) atoms. The van der Waals surface area contributed by atoms with E-state index in [9.17, 15) is 4.79 Å². The number of aryl methyl sites for hydroxylation is 2. The molecule has 1 aliphatic rings. The van der Waals surface area contributed by atoms with Gasteiger partial charge in [-0.15, -0.1) is 0 Å². The smallest absolute Gasteiger partial charge is 0.226 e. The third-order valence-electron chi connectivity index (χ3n) is 7.36. The molecule has 0 bridgehead atoms. The molecule has 2 N–H and O–H groups in total. The maximum Gasteiger partial charge on any atom is 0.226 e. The second kappa shape index (κ2) is 11.7. The second-order valence-corrected chi connectivity index (χ2v) is 10.7. The third kappa shape index (κ3) is 5.42. The van der Waals surface area contributed by atoms with Crippen molar-refractivity contribution in [1.29, 1.82) is 0 Å². The van der Waals surface area contributed by atoms with Gasteiger partial charge in [-0.25, -0.2) is 0 Å². The second-order valence-electron chi connectivity index (χ2n) is 9.91. The van der Waals surface area contributed by atoms with Gasteiger partial charge in [0.05, 0.1) is 30.6 Å². The lowest BCUT2D eigenvalue weighted by atomic mass is 9.96. The Bertz CT molecular complexity index is 1550. The van der Waals surface area contributed by atoms with Crippen LogP contribution in [0.4, 0.5) is 5.69 Å². The van der Waals surface area contributed by atoms with Gasteiger partial charge < -0.3 is 24.8 Å². The van der Waals surface area contributed by atoms with Crippen molar-refractivity contribution in [3.05, 3.63) is 106 Å². The molecule has 1 fully saturated rings. The monoisotopic (exact) mass is 573 g/mol. The molecule has 0 saturated carbocycles. The maximum absolute atomic E-state index is 13.0. The van der Waals surface area contributed by atoms with Gasteiger partial charge in [0.1, 0.15) is 5.75 Å². The molecule has 9 heteroatoms. The van der Waals surface area contributed by atoms with E-state index in [2.05, 4.69) is 51.9 Å². The largest absolute Gasteiger partial charge is 0.495 e. The Morgan fingerprint density at radius 1 is 1.10 bits per heavy atom. The minimum Gasteiger partial charge on any atom is -0.495 e. The van der Waals surface area contributed by atoms with E-state index in [4.69, 9.17) is 28.6 Å². The predicted octanol–water partition coefficient (Wildman–Crippen LogP) is 6.46. The van der Waals surface area contributed by atoms with Crippen molar-refractivity contribution in [2.45, 2.75) is 39.3 Å². The van der Waals surface area contributed by atoms with E-state index < -0.39 is 0 Å². The van der Waals surface area contributed by atoms with E-state index in [-0.39, 0.29) is 24.4 Å². The van der Waals surface area contributed by atoms with E-state index in [1.54, 1.807) is 13.3 Å². The molecule has 0 radical (unpaired) electrons. The number of nitrogens with zero attached hydrogens (tertiary/aromatic N) is 3. The molecule has 206 valence electrons. The van der Waals surface area contributed by atoms with Crippen LogP contribution in [0.3, 0.4) is 0 Å². The topological polar surface area (TPSA) is 71.4 Å². The summed E-state index contributed by atoms with van der Waals surface area (Å²) in [6.45, 7) is 6.73. The van der Waals surface area contributed by atoms with Gasteiger partial charge in [-0.1, -0.05) is 35.9 Å². The number of ether oxygens (including phenoxy) is 1. The normalized spacial score (nSPS) is 16.6. The van der Waals surface area contributed by atoms with Crippen molar-refractivity contribution < 1.29 is 9.53 Å². The summed E-state index contributed by atoms with van der Waals surface area (Å²) in [6.07, 6.45) is 2.04. The van der Waals surface area contributed by atoms with Crippen LogP contribution in [0.25, 0.3) is 5.69 Å². The van der Waals surface area contributed by atoms with Gasteiger partial charge in [-0.3, -0.25) is 9.78 Å². The number of pyridine rings is 1. The minimum absolute atomic E-state index is 0.118. The number of thiocarbonyl (C=S) groups is 1. The summed E-state index contributed by atoms with van der Waals surface area (Å²) >= 11 is 12.2. The summed E-state index contributed by atoms with van der Waals surface area (Å²) < 4.78 is 7.62. The van der Waals surface area contributed by atoms with Crippen molar-refractivity contribution in [1.82, 2.24) is 19.8 Å². The first-order valence-electron chi connectivity index (χ1n) is 13.1. The highest BCUT2D eigenvalue weighted by Gasteiger charge is 2.41. The van der Waals surface area contributed by atoms with Crippen LogP contribution < -0.4 is 15.4 Å². The summed E-state index contributed by atoms with van der Waals surface area (Å²) in [6, 6.07) is 21.1. The quantitative estimate of drug-likeness (QED) is 0.236. The summed E-state index contributed by atoms with van der Waals surface area (Å²) in [5, 5.41) is 7.74. The van der Waals surface area contributed by atoms with Crippen LogP contribution in [0.1, 0.15) is 46.7 Å². The summed E-state index contributed by atoms with van der Waals surface area (Å²) in [7, 11) is 1.59. The van der Waals surface area contributed by atoms with Crippen LogP contribution in [-0.4, -0.2) is 39.1 Å². The molecule has 4 aromatic rings.